The molecular weight excluding hydrogens is 399 g/mol. The van der Waals surface area contributed by atoms with Crippen LogP contribution < -0.4 is 11.2 Å². The zero-order valence-corrected chi connectivity index (χ0v) is 15.2. The minimum absolute atomic E-state index is 0.00581. The highest BCUT2D eigenvalue weighted by Gasteiger charge is 2.17. The van der Waals surface area contributed by atoms with Gasteiger partial charge in [-0.05, 0) is 17.7 Å². The standard InChI is InChI=1S/C16H14Cl2N4O5/c17-9-3-1-8(2-4-9)11(24)5-12-20-13(27-21-12)6-22-15(25)14(18)10(7-23)19-16(22)26/h1-4,11,23-24H,5-7H2,(H,19,26). The first-order valence-electron chi connectivity index (χ1n) is 7.76. The highest BCUT2D eigenvalue weighted by molar-refractivity contribution is 6.31. The van der Waals surface area contributed by atoms with E-state index < -0.39 is 24.0 Å². The number of hydrogen-bond acceptors (Lipinski definition) is 7. The van der Waals surface area contributed by atoms with Gasteiger partial charge in [0, 0.05) is 11.4 Å². The van der Waals surface area contributed by atoms with Gasteiger partial charge in [-0.3, -0.25) is 4.79 Å². The molecule has 0 aliphatic rings. The van der Waals surface area contributed by atoms with Gasteiger partial charge < -0.3 is 19.7 Å². The molecule has 9 nitrogen and oxygen atoms in total. The third-order valence-electron chi connectivity index (χ3n) is 3.79. The van der Waals surface area contributed by atoms with Gasteiger partial charge in [0.2, 0.25) is 5.89 Å². The summed E-state index contributed by atoms with van der Waals surface area (Å²) in [5.74, 6) is 0.198. The molecule has 1 aromatic carbocycles. The first-order valence-corrected chi connectivity index (χ1v) is 8.52. The normalized spacial score (nSPS) is 12.3. The Morgan fingerprint density at radius 2 is 1.93 bits per heavy atom. The maximum atomic E-state index is 12.1. The number of rotatable bonds is 6. The lowest BCUT2D eigenvalue weighted by molar-refractivity contribution is 0.174. The average molecular weight is 413 g/mol. The zero-order valence-electron chi connectivity index (χ0n) is 13.7. The fraction of sp³-hybridized carbons (Fsp3) is 0.250. The molecule has 0 fully saturated rings. The smallest absolute Gasteiger partial charge is 0.329 e. The number of nitrogens with one attached hydrogen (secondary N) is 1. The molecule has 0 radical (unpaired) electrons. The van der Waals surface area contributed by atoms with Gasteiger partial charge in [0.25, 0.3) is 5.56 Å². The summed E-state index contributed by atoms with van der Waals surface area (Å²) in [7, 11) is 0. The minimum atomic E-state index is -0.878. The van der Waals surface area contributed by atoms with E-state index in [0.717, 1.165) is 4.57 Å². The van der Waals surface area contributed by atoms with Crippen LogP contribution in [0.4, 0.5) is 0 Å². The summed E-state index contributed by atoms with van der Waals surface area (Å²) in [6.07, 6.45) is -0.808. The van der Waals surface area contributed by atoms with Gasteiger partial charge in [-0.2, -0.15) is 4.98 Å². The van der Waals surface area contributed by atoms with E-state index in [0.29, 0.717) is 10.6 Å². The predicted molar refractivity (Wildman–Crippen MR) is 95.8 cm³/mol. The van der Waals surface area contributed by atoms with Crippen molar-refractivity contribution in [2.75, 3.05) is 0 Å². The SMILES string of the molecule is O=c1[nH]c(CO)c(Cl)c(=O)n1Cc1nc(CC(O)c2ccc(Cl)cc2)no1. The number of halogens is 2. The van der Waals surface area contributed by atoms with Crippen LogP contribution in [0.15, 0.2) is 38.4 Å². The number of nitrogens with zero attached hydrogens (tertiary/aromatic N) is 3. The van der Waals surface area contributed by atoms with Crippen LogP contribution in [0.5, 0.6) is 0 Å². The van der Waals surface area contributed by atoms with Crippen LogP contribution in [0.3, 0.4) is 0 Å². The number of aromatic nitrogens is 4. The number of H-pyrrole nitrogens is 1. The molecule has 3 aromatic rings. The van der Waals surface area contributed by atoms with Crippen molar-refractivity contribution in [1.29, 1.82) is 0 Å². The van der Waals surface area contributed by atoms with E-state index >= 15 is 0 Å². The van der Waals surface area contributed by atoms with E-state index in [1.807, 2.05) is 0 Å². The molecule has 142 valence electrons. The van der Waals surface area contributed by atoms with Crippen molar-refractivity contribution in [3.05, 3.63) is 78.1 Å². The fourth-order valence-corrected chi connectivity index (χ4v) is 2.73. The molecule has 0 saturated carbocycles. The predicted octanol–water partition coefficient (Wildman–Crippen LogP) is 1.04. The van der Waals surface area contributed by atoms with Crippen LogP contribution in [0.1, 0.15) is 29.1 Å². The molecular formula is C16H14Cl2N4O5. The largest absolute Gasteiger partial charge is 0.390 e. The Morgan fingerprint density at radius 1 is 1.22 bits per heavy atom. The monoisotopic (exact) mass is 412 g/mol. The Balaban J connectivity index is 1.77. The van der Waals surface area contributed by atoms with Gasteiger partial charge in [-0.15, -0.1) is 0 Å². The van der Waals surface area contributed by atoms with Crippen LogP contribution in [-0.4, -0.2) is 29.9 Å². The molecule has 1 unspecified atom stereocenters. The number of benzene rings is 1. The molecule has 0 bridgehead atoms. The number of aliphatic hydroxyl groups excluding tert-OH is 2. The van der Waals surface area contributed by atoms with Crippen molar-refractivity contribution in [1.82, 2.24) is 19.7 Å². The summed E-state index contributed by atoms with van der Waals surface area (Å²) in [6, 6.07) is 6.66. The van der Waals surface area contributed by atoms with E-state index in [1.165, 1.54) is 0 Å². The average Bonchev–Trinajstić information content (AvgIpc) is 3.09. The van der Waals surface area contributed by atoms with Crippen LogP contribution >= 0.6 is 23.2 Å². The summed E-state index contributed by atoms with van der Waals surface area (Å²) < 4.78 is 5.80. The summed E-state index contributed by atoms with van der Waals surface area (Å²) >= 11 is 11.6. The maximum absolute atomic E-state index is 12.1. The molecule has 0 amide bonds. The van der Waals surface area contributed by atoms with E-state index in [1.54, 1.807) is 24.3 Å². The second-order valence-electron chi connectivity index (χ2n) is 5.65. The summed E-state index contributed by atoms with van der Waals surface area (Å²) in [5, 5.41) is 23.3. The highest BCUT2D eigenvalue weighted by Crippen LogP contribution is 2.19. The topological polar surface area (TPSA) is 134 Å². The molecule has 3 rings (SSSR count). The third kappa shape index (κ3) is 4.28. The van der Waals surface area contributed by atoms with Crippen LogP contribution in [-0.2, 0) is 19.6 Å². The molecule has 11 heteroatoms. The van der Waals surface area contributed by atoms with E-state index in [-0.39, 0.29) is 35.4 Å². The molecule has 3 N–H and O–H groups in total. The second kappa shape index (κ2) is 8.05. The van der Waals surface area contributed by atoms with E-state index in [9.17, 15) is 14.7 Å². The number of hydrogen-bond donors (Lipinski definition) is 3. The molecule has 0 saturated heterocycles. The van der Waals surface area contributed by atoms with Crippen molar-refractivity contribution in [3.8, 4) is 0 Å². The fourth-order valence-electron chi connectivity index (χ4n) is 2.39. The van der Waals surface area contributed by atoms with Gasteiger partial charge in [0.15, 0.2) is 5.82 Å². The van der Waals surface area contributed by atoms with Crippen LogP contribution in [0, 0.1) is 0 Å². The minimum Gasteiger partial charge on any atom is -0.390 e. The molecule has 0 aliphatic heterocycles. The lowest BCUT2D eigenvalue weighted by atomic mass is 10.1. The molecule has 2 aromatic heterocycles. The van der Waals surface area contributed by atoms with E-state index in [4.69, 9.17) is 32.8 Å². The molecule has 2 heterocycles. The Hall–Kier alpha value is -2.46. The Morgan fingerprint density at radius 3 is 2.59 bits per heavy atom. The Labute approximate surface area is 161 Å². The van der Waals surface area contributed by atoms with Crippen molar-refractivity contribution in [2.24, 2.45) is 0 Å². The van der Waals surface area contributed by atoms with Gasteiger partial charge in [0.1, 0.15) is 11.6 Å². The molecule has 0 aliphatic carbocycles. The Kier molecular flexibility index (Phi) is 5.76. The summed E-state index contributed by atoms with van der Waals surface area (Å²) in [4.78, 5) is 30.5. The highest BCUT2D eigenvalue weighted by atomic mass is 35.5. The van der Waals surface area contributed by atoms with Gasteiger partial charge in [-0.25, -0.2) is 9.36 Å². The summed E-state index contributed by atoms with van der Waals surface area (Å²) in [5.41, 5.74) is -0.996. The first-order chi connectivity index (χ1) is 12.9. The van der Waals surface area contributed by atoms with Gasteiger partial charge >= 0.3 is 5.69 Å². The molecule has 1 atom stereocenters. The van der Waals surface area contributed by atoms with E-state index in [2.05, 4.69) is 15.1 Å². The summed E-state index contributed by atoms with van der Waals surface area (Å²) in [6.45, 7) is -0.874. The molecule has 0 spiro atoms. The van der Waals surface area contributed by atoms with Crippen molar-refractivity contribution in [3.63, 3.8) is 0 Å². The maximum Gasteiger partial charge on any atom is 0.329 e. The van der Waals surface area contributed by atoms with Crippen molar-refractivity contribution in [2.45, 2.75) is 25.7 Å². The molecule has 27 heavy (non-hydrogen) atoms. The Bertz CT molecular complexity index is 1060. The van der Waals surface area contributed by atoms with Crippen LogP contribution in [0.25, 0.3) is 0 Å². The number of aromatic amines is 1. The zero-order chi connectivity index (χ0) is 19.6. The second-order valence-corrected chi connectivity index (χ2v) is 6.46. The lowest BCUT2D eigenvalue weighted by Gasteiger charge is -2.08. The lowest BCUT2D eigenvalue weighted by Crippen LogP contribution is -2.37. The first kappa shape index (κ1) is 19.3. The number of aliphatic hydroxyl groups is 2. The quantitative estimate of drug-likeness (QED) is 0.550. The third-order valence-corrected chi connectivity index (χ3v) is 4.43. The van der Waals surface area contributed by atoms with Crippen LogP contribution in [0.2, 0.25) is 10.0 Å². The van der Waals surface area contributed by atoms with Crippen molar-refractivity contribution >= 4 is 23.2 Å². The van der Waals surface area contributed by atoms with Crippen molar-refractivity contribution < 1.29 is 14.7 Å². The van der Waals surface area contributed by atoms with Gasteiger partial charge in [0.05, 0.1) is 18.4 Å². The van der Waals surface area contributed by atoms with Gasteiger partial charge in [-0.1, -0.05) is 40.5 Å².